The number of ether oxygens (including phenoxy) is 1. The maximum atomic E-state index is 6.12. The minimum absolute atomic E-state index is 0.484. The van der Waals surface area contributed by atoms with Crippen molar-refractivity contribution in [1.82, 2.24) is 25.0 Å². The number of hydrogen-bond donors (Lipinski definition) is 1. The Labute approximate surface area is 143 Å². The van der Waals surface area contributed by atoms with Crippen molar-refractivity contribution in [2.45, 2.75) is 30.7 Å². The molecule has 3 rings (SSSR count). The zero-order valence-corrected chi connectivity index (χ0v) is 14.3. The van der Waals surface area contributed by atoms with Gasteiger partial charge in [-0.2, -0.15) is 4.98 Å². The fraction of sp³-hybridized carbons (Fsp3) is 0.333. The van der Waals surface area contributed by atoms with Crippen molar-refractivity contribution in [3.8, 4) is 17.1 Å². The lowest BCUT2D eigenvalue weighted by Crippen LogP contribution is -2.12. The Hall–Kier alpha value is -2.55. The molecule has 0 saturated carbocycles. The summed E-state index contributed by atoms with van der Waals surface area (Å²) in [5.74, 6) is 9.10. The number of benzene rings is 1. The van der Waals surface area contributed by atoms with Gasteiger partial charge in [0.2, 0.25) is 11.0 Å². The Kier molecular flexibility index (Phi) is 4.99. The van der Waals surface area contributed by atoms with E-state index >= 15 is 0 Å². The zero-order chi connectivity index (χ0) is 16.9. The van der Waals surface area contributed by atoms with Gasteiger partial charge in [-0.15, -0.1) is 10.2 Å². The Morgan fingerprint density at radius 2 is 2.12 bits per heavy atom. The molecule has 0 aliphatic carbocycles. The van der Waals surface area contributed by atoms with Gasteiger partial charge in [-0.05, 0) is 18.6 Å². The molecule has 8 nitrogen and oxygen atoms in total. The molecule has 1 aromatic carbocycles. The molecule has 0 amide bonds. The van der Waals surface area contributed by atoms with E-state index in [0.29, 0.717) is 28.4 Å². The van der Waals surface area contributed by atoms with Crippen LogP contribution in [0.3, 0.4) is 0 Å². The van der Waals surface area contributed by atoms with E-state index in [1.807, 2.05) is 24.3 Å². The number of thioether (sulfide) groups is 1. The molecule has 0 radical (unpaired) electrons. The highest BCUT2D eigenvalue weighted by Gasteiger charge is 2.16. The predicted molar refractivity (Wildman–Crippen MR) is 90.0 cm³/mol. The van der Waals surface area contributed by atoms with E-state index in [2.05, 4.69) is 27.3 Å². The molecule has 3 aromatic rings. The van der Waals surface area contributed by atoms with Crippen molar-refractivity contribution in [2.24, 2.45) is 0 Å². The second-order valence-corrected chi connectivity index (χ2v) is 5.96. The third-order valence-corrected chi connectivity index (χ3v) is 4.25. The van der Waals surface area contributed by atoms with E-state index in [9.17, 15) is 0 Å². The SMILES string of the molecule is CCCc1noc(CSc2nnc(-c3ccccc3OC)n2N)n1. The number of methoxy groups -OCH3 is 1. The molecule has 126 valence electrons. The van der Waals surface area contributed by atoms with E-state index in [1.165, 1.54) is 16.4 Å². The standard InChI is InChI=1S/C15H18N6O2S/c1-3-6-12-17-13(23-20-12)9-24-15-19-18-14(21(15)16)10-7-4-5-8-11(10)22-2/h4-5,7-8H,3,6,9,16H2,1-2H3. The number of nitrogens with zero attached hydrogens (tertiary/aromatic N) is 5. The topological polar surface area (TPSA) is 105 Å². The van der Waals surface area contributed by atoms with Crippen molar-refractivity contribution in [2.75, 3.05) is 13.0 Å². The van der Waals surface area contributed by atoms with Crippen LogP contribution in [0.25, 0.3) is 11.4 Å². The molecule has 0 aliphatic heterocycles. The summed E-state index contributed by atoms with van der Waals surface area (Å²) in [6.07, 6.45) is 1.78. The summed E-state index contributed by atoms with van der Waals surface area (Å²) in [6.45, 7) is 2.07. The normalized spacial score (nSPS) is 10.9. The van der Waals surface area contributed by atoms with Crippen molar-refractivity contribution in [3.05, 3.63) is 36.0 Å². The van der Waals surface area contributed by atoms with Gasteiger partial charge in [0.1, 0.15) is 5.75 Å². The largest absolute Gasteiger partial charge is 0.496 e. The first kappa shape index (κ1) is 16.3. The van der Waals surface area contributed by atoms with Crippen molar-refractivity contribution in [1.29, 1.82) is 0 Å². The highest BCUT2D eigenvalue weighted by atomic mass is 32.2. The highest BCUT2D eigenvalue weighted by Crippen LogP contribution is 2.30. The lowest BCUT2D eigenvalue weighted by atomic mass is 10.2. The molecule has 0 atom stereocenters. The molecular weight excluding hydrogens is 328 g/mol. The first-order valence-electron chi connectivity index (χ1n) is 7.51. The van der Waals surface area contributed by atoms with Crippen molar-refractivity contribution >= 4 is 11.8 Å². The van der Waals surface area contributed by atoms with E-state index in [0.717, 1.165) is 24.2 Å². The van der Waals surface area contributed by atoms with Crippen LogP contribution < -0.4 is 10.6 Å². The fourth-order valence-electron chi connectivity index (χ4n) is 2.19. The number of aryl methyl sites for hydroxylation is 1. The lowest BCUT2D eigenvalue weighted by Gasteiger charge is -2.07. The average Bonchev–Trinajstić information content (AvgIpc) is 3.20. The number of rotatable bonds is 7. The van der Waals surface area contributed by atoms with Crippen LogP contribution in [0.1, 0.15) is 25.1 Å². The van der Waals surface area contributed by atoms with Crippen LogP contribution in [-0.2, 0) is 12.2 Å². The van der Waals surface area contributed by atoms with Gasteiger partial charge in [0.05, 0.1) is 18.4 Å². The van der Waals surface area contributed by atoms with Gasteiger partial charge >= 0.3 is 0 Å². The molecule has 2 heterocycles. The summed E-state index contributed by atoms with van der Waals surface area (Å²) in [5, 5.41) is 12.8. The number of hydrogen-bond acceptors (Lipinski definition) is 8. The van der Waals surface area contributed by atoms with E-state index < -0.39 is 0 Å². The molecule has 9 heteroatoms. The summed E-state index contributed by atoms with van der Waals surface area (Å²) in [7, 11) is 1.61. The van der Waals surface area contributed by atoms with Gasteiger partial charge in [-0.3, -0.25) is 0 Å². The molecule has 2 aromatic heterocycles. The Morgan fingerprint density at radius 3 is 2.92 bits per heavy atom. The predicted octanol–water partition coefficient (Wildman–Crippen LogP) is 2.30. The summed E-state index contributed by atoms with van der Waals surface area (Å²) < 4.78 is 12.0. The molecule has 0 aliphatic rings. The first-order chi connectivity index (χ1) is 11.7. The van der Waals surface area contributed by atoms with Crippen LogP contribution in [-0.4, -0.2) is 32.1 Å². The van der Waals surface area contributed by atoms with Gasteiger partial charge in [0, 0.05) is 6.42 Å². The van der Waals surface area contributed by atoms with E-state index in [4.69, 9.17) is 15.1 Å². The summed E-state index contributed by atoms with van der Waals surface area (Å²) in [4.78, 5) is 4.32. The Balaban J connectivity index is 1.75. The number of para-hydroxylation sites is 1. The van der Waals surface area contributed by atoms with E-state index in [-0.39, 0.29) is 0 Å². The molecule has 0 spiro atoms. The van der Waals surface area contributed by atoms with Gasteiger partial charge in [0.25, 0.3) is 0 Å². The highest BCUT2D eigenvalue weighted by molar-refractivity contribution is 7.98. The molecule has 2 N–H and O–H groups in total. The van der Waals surface area contributed by atoms with Gasteiger partial charge in [-0.1, -0.05) is 36.0 Å². The Morgan fingerprint density at radius 1 is 1.29 bits per heavy atom. The quantitative estimate of drug-likeness (QED) is 0.513. The van der Waals surface area contributed by atoms with Crippen molar-refractivity contribution < 1.29 is 9.26 Å². The van der Waals surface area contributed by atoms with Crippen molar-refractivity contribution in [3.63, 3.8) is 0 Å². The summed E-state index contributed by atoms with van der Waals surface area (Å²) in [5.41, 5.74) is 0.782. The maximum Gasteiger partial charge on any atom is 0.237 e. The lowest BCUT2D eigenvalue weighted by molar-refractivity contribution is 0.384. The summed E-state index contributed by atoms with van der Waals surface area (Å²) in [6, 6.07) is 7.52. The van der Waals surface area contributed by atoms with Gasteiger partial charge in [-0.25, -0.2) is 4.68 Å². The molecule has 0 bridgehead atoms. The summed E-state index contributed by atoms with van der Waals surface area (Å²) >= 11 is 1.39. The minimum Gasteiger partial charge on any atom is -0.496 e. The minimum atomic E-state index is 0.484. The maximum absolute atomic E-state index is 6.12. The van der Waals surface area contributed by atoms with Gasteiger partial charge < -0.3 is 15.1 Å². The fourth-order valence-corrected chi connectivity index (χ4v) is 2.88. The molecule has 24 heavy (non-hydrogen) atoms. The van der Waals surface area contributed by atoms with Crippen LogP contribution in [0, 0.1) is 0 Å². The number of nitrogen functional groups attached to an aromatic ring is 1. The average molecular weight is 346 g/mol. The molecule has 0 unspecified atom stereocenters. The number of nitrogens with two attached hydrogens (primary N) is 1. The first-order valence-corrected chi connectivity index (χ1v) is 8.49. The van der Waals surface area contributed by atoms with Crippen LogP contribution >= 0.6 is 11.8 Å². The smallest absolute Gasteiger partial charge is 0.237 e. The molecule has 0 fully saturated rings. The van der Waals surface area contributed by atoms with Crippen LogP contribution in [0.4, 0.5) is 0 Å². The van der Waals surface area contributed by atoms with Crippen LogP contribution in [0.2, 0.25) is 0 Å². The Bertz CT molecular complexity index is 816. The van der Waals surface area contributed by atoms with Gasteiger partial charge in [0.15, 0.2) is 11.6 Å². The zero-order valence-electron chi connectivity index (χ0n) is 13.5. The molecular formula is C15H18N6O2S. The molecule has 0 saturated heterocycles. The van der Waals surface area contributed by atoms with Crippen LogP contribution in [0.15, 0.2) is 33.9 Å². The second kappa shape index (κ2) is 7.35. The second-order valence-electron chi connectivity index (χ2n) is 5.02. The number of aromatic nitrogens is 5. The monoisotopic (exact) mass is 346 g/mol. The third-order valence-electron chi connectivity index (χ3n) is 3.32. The third kappa shape index (κ3) is 3.35. The van der Waals surface area contributed by atoms with E-state index in [1.54, 1.807) is 7.11 Å². The van der Waals surface area contributed by atoms with Crippen LogP contribution in [0.5, 0.6) is 5.75 Å².